The Labute approximate surface area is 101 Å². The van der Waals surface area contributed by atoms with E-state index < -0.39 is 0 Å². The Hall–Kier alpha value is -0.580. The molecule has 4 nitrogen and oxygen atoms in total. The van der Waals surface area contributed by atoms with Crippen LogP contribution in [0.1, 0.15) is 24.7 Å². The molecule has 1 aliphatic heterocycles. The van der Waals surface area contributed by atoms with Crippen LogP contribution >= 0.6 is 11.6 Å². The van der Waals surface area contributed by atoms with Crippen LogP contribution in [0.15, 0.2) is 0 Å². The van der Waals surface area contributed by atoms with Crippen LogP contribution in [0.2, 0.25) is 5.02 Å². The fraction of sp³-hybridized carbons (Fsp3) is 0.727. The van der Waals surface area contributed by atoms with Crippen LogP contribution in [0.4, 0.5) is 0 Å². The summed E-state index contributed by atoms with van der Waals surface area (Å²) in [6.07, 6.45) is 1.53. The number of aliphatic hydroxyl groups is 1. The van der Waals surface area contributed by atoms with Gasteiger partial charge in [0, 0.05) is 26.7 Å². The van der Waals surface area contributed by atoms with Gasteiger partial charge in [0.15, 0.2) is 0 Å². The molecule has 0 saturated carbocycles. The molecule has 0 bridgehead atoms. The molecule has 0 amide bonds. The fourth-order valence-corrected chi connectivity index (χ4v) is 2.51. The van der Waals surface area contributed by atoms with E-state index in [0.717, 1.165) is 48.9 Å². The Balaban J connectivity index is 2.12. The van der Waals surface area contributed by atoms with Gasteiger partial charge >= 0.3 is 0 Å². The SMILES string of the molecule is CCc1nn(C)c(CN2CC[C@@H](O)C2)c1Cl. The zero-order valence-corrected chi connectivity index (χ0v) is 10.5. The number of hydrogen-bond donors (Lipinski definition) is 1. The Bertz CT molecular complexity index is 378. The third-order valence-electron chi connectivity index (χ3n) is 3.12. The number of aromatic nitrogens is 2. The monoisotopic (exact) mass is 243 g/mol. The summed E-state index contributed by atoms with van der Waals surface area (Å²) in [6.45, 7) is 4.50. The highest BCUT2D eigenvalue weighted by Gasteiger charge is 2.23. The highest BCUT2D eigenvalue weighted by Crippen LogP contribution is 2.23. The van der Waals surface area contributed by atoms with Crippen molar-refractivity contribution in [3.63, 3.8) is 0 Å². The third-order valence-corrected chi connectivity index (χ3v) is 3.56. The highest BCUT2D eigenvalue weighted by molar-refractivity contribution is 6.31. The van der Waals surface area contributed by atoms with Gasteiger partial charge in [0.25, 0.3) is 0 Å². The molecule has 1 atom stereocenters. The van der Waals surface area contributed by atoms with Gasteiger partial charge in [0.05, 0.1) is 22.5 Å². The molecule has 0 spiro atoms. The van der Waals surface area contributed by atoms with Crippen molar-refractivity contribution < 1.29 is 5.11 Å². The third kappa shape index (κ3) is 2.24. The number of hydrogen-bond acceptors (Lipinski definition) is 3. The topological polar surface area (TPSA) is 41.3 Å². The van der Waals surface area contributed by atoms with E-state index in [9.17, 15) is 5.11 Å². The average Bonchev–Trinajstić information content (AvgIpc) is 2.77. The Morgan fingerprint density at radius 1 is 1.56 bits per heavy atom. The molecule has 16 heavy (non-hydrogen) atoms. The zero-order valence-electron chi connectivity index (χ0n) is 9.78. The normalized spacial score (nSPS) is 21.9. The number of aryl methyl sites for hydroxylation is 2. The maximum atomic E-state index is 9.47. The van der Waals surface area contributed by atoms with Gasteiger partial charge in [-0.1, -0.05) is 18.5 Å². The van der Waals surface area contributed by atoms with E-state index in [1.54, 1.807) is 0 Å². The lowest BCUT2D eigenvalue weighted by atomic mass is 10.3. The fourth-order valence-electron chi connectivity index (χ4n) is 2.16. The molecule has 1 aliphatic rings. The number of β-amino-alcohol motifs (C(OH)–C–C–N with tert-alkyl or cyclic N) is 1. The van der Waals surface area contributed by atoms with Crippen LogP contribution in [0.5, 0.6) is 0 Å². The van der Waals surface area contributed by atoms with Gasteiger partial charge in [-0.2, -0.15) is 5.10 Å². The molecule has 1 saturated heterocycles. The summed E-state index contributed by atoms with van der Waals surface area (Å²) in [5, 5.41) is 14.6. The van der Waals surface area contributed by atoms with E-state index in [4.69, 9.17) is 11.6 Å². The number of nitrogens with zero attached hydrogens (tertiary/aromatic N) is 3. The minimum atomic E-state index is -0.183. The first-order chi connectivity index (χ1) is 7.61. The molecule has 0 aliphatic carbocycles. The molecule has 0 radical (unpaired) electrons. The van der Waals surface area contributed by atoms with Gasteiger partial charge in [-0.15, -0.1) is 0 Å². The molecule has 1 N–H and O–H groups in total. The van der Waals surface area contributed by atoms with Crippen molar-refractivity contribution >= 4 is 11.6 Å². The highest BCUT2D eigenvalue weighted by atomic mass is 35.5. The van der Waals surface area contributed by atoms with Gasteiger partial charge < -0.3 is 5.11 Å². The van der Waals surface area contributed by atoms with E-state index in [1.807, 2.05) is 11.7 Å². The standard InChI is InChI=1S/C11H18ClN3O/c1-3-9-11(12)10(14(2)13-9)7-15-5-4-8(16)6-15/h8,16H,3-7H2,1-2H3/t8-/m1/s1. The first-order valence-electron chi connectivity index (χ1n) is 5.72. The maximum Gasteiger partial charge on any atom is 0.0863 e. The number of rotatable bonds is 3. The van der Waals surface area contributed by atoms with Crippen molar-refractivity contribution in [2.75, 3.05) is 13.1 Å². The molecule has 5 heteroatoms. The summed E-state index contributed by atoms with van der Waals surface area (Å²) in [5.41, 5.74) is 2.01. The Morgan fingerprint density at radius 3 is 2.81 bits per heavy atom. The molecule has 0 aromatic carbocycles. The van der Waals surface area contributed by atoms with Crippen molar-refractivity contribution in [3.8, 4) is 0 Å². The molecule has 2 heterocycles. The second kappa shape index (κ2) is 4.73. The summed E-state index contributed by atoms with van der Waals surface area (Å²) in [6, 6.07) is 0. The number of likely N-dealkylation sites (tertiary alicyclic amines) is 1. The summed E-state index contributed by atoms with van der Waals surface area (Å²) < 4.78 is 1.85. The van der Waals surface area contributed by atoms with E-state index in [1.165, 1.54) is 0 Å². The van der Waals surface area contributed by atoms with E-state index in [0.29, 0.717) is 0 Å². The van der Waals surface area contributed by atoms with Gasteiger partial charge in [0.2, 0.25) is 0 Å². The Kier molecular flexibility index (Phi) is 3.52. The van der Waals surface area contributed by atoms with Crippen molar-refractivity contribution in [2.24, 2.45) is 7.05 Å². The number of aliphatic hydroxyl groups excluding tert-OH is 1. The van der Waals surface area contributed by atoms with Crippen LogP contribution in [0.3, 0.4) is 0 Å². The quantitative estimate of drug-likeness (QED) is 0.868. The molecule has 1 aromatic rings. The molecule has 1 aromatic heterocycles. The van der Waals surface area contributed by atoms with Crippen LogP contribution < -0.4 is 0 Å². The molecular formula is C11H18ClN3O. The van der Waals surface area contributed by atoms with Crippen molar-refractivity contribution in [1.29, 1.82) is 0 Å². The number of halogens is 1. The first kappa shape index (κ1) is 11.9. The molecule has 90 valence electrons. The van der Waals surface area contributed by atoms with Gasteiger partial charge in [-0.05, 0) is 12.8 Å². The zero-order chi connectivity index (χ0) is 11.7. The summed E-state index contributed by atoms with van der Waals surface area (Å²) >= 11 is 6.27. The maximum absolute atomic E-state index is 9.47. The van der Waals surface area contributed by atoms with Crippen LogP contribution in [-0.2, 0) is 20.0 Å². The summed E-state index contributed by atoms with van der Waals surface area (Å²) in [5.74, 6) is 0. The van der Waals surface area contributed by atoms with Gasteiger partial charge in [0.1, 0.15) is 0 Å². The lowest BCUT2D eigenvalue weighted by Crippen LogP contribution is -2.23. The minimum absolute atomic E-state index is 0.183. The van der Waals surface area contributed by atoms with Crippen molar-refractivity contribution in [2.45, 2.75) is 32.4 Å². The smallest absolute Gasteiger partial charge is 0.0863 e. The predicted molar refractivity (Wildman–Crippen MR) is 63.5 cm³/mol. The molecule has 2 rings (SSSR count). The van der Waals surface area contributed by atoms with Crippen molar-refractivity contribution in [1.82, 2.24) is 14.7 Å². The first-order valence-corrected chi connectivity index (χ1v) is 6.10. The molecular weight excluding hydrogens is 226 g/mol. The predicted octanol–water partition coefficient (Wildman–Crippen LogP) is 1.20. The van der Waals surface area contributed by atoms with E-state index in [2.05, 4.69) is 16.9 Å². The van der Waals surface area contributed by atoms with Crippen LogP contribution in [-0.4, -0.2) is 39.0 Å². The van der Waals surface area contributed by atoms with E-state index in [-0.39, 0.29) is 6.10 Å². The van der Waals surface area contributed by atoms with Crippen LogP contribution in [0, 0.1) is 0 Å². The lowest BCUT2D eigenvalue weighted by molar-refractivity contribution is 0.174. The minimum Gasteiger partial charge on any atom is -0.392 e. The molecule has 1 fully saturated rings. The summed E-state index contributed by atoms with van der Waals surface area (Å²) in [7, 11) is 1.92. The Morgan fingerprint density at radius 2 is 2.31 bits per heavy atom. The van der Waals surface area contributed by atoms with Gasteiger partial charge in [-0.25, -0.2) is 0 Å². The second-order valence-electron chi connectivity index (χ2n) is 4.36. The lowest BCUT2D eigenvalue weighted by Gasteiger charge is -2.15. The van der Waals surface area contributed by atoms with Crippen LogP contribution in [0.25, 0.3) is 0 Å². The second-order valence-corrected chi connectivity index (χ2v) is 4.74. The van der Waals surface area contributed by atoms with Gasteiger partial charge in [-0.3, -0.25) is 9.58 Å². The summed E-state index contributed by atoms with van der Waals surface area (Å²) in [4.78, 5) is 2.22. The largest absolute Gasteiger partial charge is 0.392 e. The van der Waals surface area contributed by atoms with Crippen molar-refractivity contribution in [3.05, 3.63) is 16.4 Å². The van der Waals surface area contributed by atoms with E-state index >= 15 is 0 Å². The molecule has 0 unspecified atom stereocenters. The average molecular weight is 244 g/mol.